The lowest BCUT2D eigenvalue weighted by molar-refractivity contribution is 0.206. The van der Waals surface area contributed by atoms with E-state index in [1.807, 2.05) is 60.8 Å². The van der Waals surface area contributed by atoms with Gasteiger partial charge in [-0.15, -0.1) is 0 Å². The Morgan fingerprint density at radius 1 is 1.16 bits per heavy atom. The number of hydrogen-bond acceptors (Lipinski definition) is 2. The van der Waals surface area contributed by atoms with Gasteiger partial charge in [0.25, 0.3) is 0 Å². The summed E-state index contributed by atoms with van der Waals surface area (Å²) in [6, 6.07) is 17.2. The van der Waals surface area contributed by atoms with Crippen molar-refractivity contribution in [2.45, 2.75) is 13.1 Å². The van der Waals surface area contributed by atoms with Gasteiger partial charge in [-0.25, -0.2) is 9.48 Å². The van der Waals surface area contributed by atoms with Crippen LogP contribution in [0.4, 0.5) is 4.79 Å². The summed E-state index contributed by atoms with van der Waals surface area (Å²) >= 11 is 6.14. The molecular formula is C19H19ClN4O. The zero-order chi connectivity index (χ0) is 17.6. The SMILES string of the molecule is CN(Cc1ccccc1Cl)C(=O)NCc1cnn(-c2ccccc2)c1. The molecule has 0 spiro atoms. The fourth-order valence-corrected chi connectivity index (χ4v) is 2.64. The molecule has 0 aliphatic rings. The summed E-state index contributed by atoms with van der Waals surface area (Å²) < 4.78 is 1.79. The van der Waals surface area contributed by atoms with E-state index in [4.69, 9.17) is 11.6 Å². The molecule has 3 aromatic rings. The maximum absolute atomic E-state index is 12.3. The molecule has 3 rings (SSSR count). The molecule has 1 aromatic heterocycles. The number of hydrogen-bond donors (Lipinski definition) is 1. The fourth-order valence-electron chi connectivity index (χ4n) is 2.44. The molecule has 25 heavy (non-hydrogen) atoms. The number of urea groups is 1. The fraction of sp³-hybridized carbons (Fsp3) is 0.158. The van der Waals surface area contributed by atoms with Gasteiger partial charge in [0.2, 0.25) is 0 Å². The molecule has 0 saturated carbocycles. The van der Waals surface area contributed by atoms with Crippen LogP contribution in [0.2, 0.25) is 5.02 Å². The summed E-state index contributed by atoms with van der Waals surface area (Å²) in [5.74, 6) is 0. The second kappa shape index (κ2) is 7.85. The van der Waals surface area contributed by atoms with Crippen molar-refractivity contribution >= 4 is 17.6 Å². The van der Waals surface area contributed by atoms with Gasteiger partial charge < -0.3 is 10.2 Å². The summed E-state index contributed by atoms with van der Waals surface area (Å²) in [5.41, 5.74) is 2.83. The first-order valence-corrected chi connectivity index (χ1v) is 8.32. The van der Waals surface area contributed by atoms with E-state index in [-0.39, 0.29) is 6.03 Å². The van der Waals surface area contributed by atoms with Crippen LogP contribution >= 0.6 is 11.6 Å². The number of carbonyl (C=O) groups excluding carboxylic acids is 1. The van der Waals surface area contributed by atoms with Gasteiger partial charge in [0.1, 0.15) is 0 Å². The minimum absolute atomic E-state index is 0.160. The number of halogens is 1. The highest BCUT2D eigenvalue weighted by molar-refractivity contribution is 6.31. The van der Waals surface area contributed by atoms with Crippen molar-refractivity contribution in [2.24, 2.45) is 0 Å². The highest BCUT2D eigenvalue weighted by Gasteiger charge is 2.11. The van der Waals surface area contributed by atoms with Crippen LogP contribution in [0.15, 0.2) is 67.0 Å². The molecule has 0 radical (unpaired) electrons. The van der Waals surface area contributed by atoms with E-state index in [0.717, 1.165) is 16.8 Å². The molecule has 2 amide bonds. The average Bonchev–Trinajstić information content (AvgIpc) is 3.11. The van der Waals surface area contributed by atoms with Crippen LogP contribution in [0.25, 0.3) is 5.69 Å². The van der Waals surface area contributed by atoms with Crippen molar-refractivity contribution in [1.82, 2.24) is 20.0 Å². The summed E-state index contributed by atoms with van der Waals surface area (Å²) in [7, 11) is 1.74. The van der Waals surface area contributed by atoms with Crippen molar-refractivity contribution in [3.63, 3.8) is 0 Å². The molecule has 128 valence electrons. The molecule has 0 atom stereocenters. The quantitative estimate of drug-likeness (QED) is 0.756. The van der Waals surface area contributed by atoms with E-state index in [9.17, 15) is 4.79 Å². The van der Waals surface area contributed by atoms with Crippen LogP contribution in [-0.2, 0) is 13.1 Å². The second-order valence-corrected chi connectivity index (χ2v) is 6.14. The largest absolute Gasteiger partial charge is 0.334 e. The lowest BCUT2D eigenvalue weighted by atomic mass is 10.2. The zero-order valence-corrected chi connectivity index (χ0v) is 14.6. The third-order valence-corrected chi connectivity index (χ3v) is 4.18. The van der Waals surface area contributed by atoms with Crippen LogP contribution in [0, 0.1) is 0 Å². The zero-order valence-electron chi connectivity index (χ0n) is 13.9. The Bertz CT molecular complexity index is 847. The third-order valence-electron chi connectivity index (χ3n) is 3.81. The van der Waals surface area contributed by atoms with E-state index in [1.54, 1.807) is 22.8 Å². The van der Waals surface area contributed by atoms with Gasteiger partial charge in [-0.1, -0.05) is 48.0 Å². The summed E-state index contributed by atoms with van der Waals surface area (Å²) in [6.07, 6.45) is 3.66. The number of para-hydroxylation sites is 1. The van der Waals surface area contributed by atoms with Gasteiger partial charge in [-0.3, -0.25) is 0 Å². The molecular weight excluding hydrogens is 336 g/mol. The Labute approximate surface area is 151 Å². The molecule has 1 N–H and O–H groups in total. The molecule has 0 fully saturated rings. The van der Waals surface area contributed by atoms with Crippen LogP contribution in [0.3, 0.4) is 0 Å². The molecule has 0 aliphatic carbocycles. The number of amides is 2. The lowest BCUT2D eigenvalue weighted by Crippen LogP contribution is -2.36. The monoisotopic (exact) mass is 354 g/mol. The van der Waals surface area contributed by atoms with Crippen molar-refractivity contribution in [1.29, 1.82) is 0 Å². The Kier molecular flexibility index (Phi) is 5.36. The number of nitrogens with zero attached hydrogens (tertiary/aromatic N) is 3. The standard InChI is InChI=1S/C19H19ClN4O/c1-23(14-16-7-5-6-10-18(16)20)19(25)21-11-15-12-22-24(13-15)17-8-3-2-4-9-17/h2-10,12-13H,11,14H2,1H3,(H,21,25). The Balaban J connectivity index is 1.55. The average molecular weight is 355 g/mol. The number of aromatic nitrogens is 2. The molecule has 1 heterocycles. The first-order valence-electron chi connectivity index (χ1n) is 7.95. The Morgan fingerprint density at radius 2 is 1.88 bits per heavy atom. The number of nitrogens with one attached hydrogen (secondary N) is 1. The molecule has 2 aromatic carbocycles. The Morgan fingerprint density at radius 3 is 2.64 bits per heavy atom. The van der Waals surface area contributed by atoms with Crippen LogP contribution in [-0.4, -0.2) is 27.8 Å². The highest BCUT2D eigenvalue weighted by Crippen LogP contribution is 2.16. The smallest absolute Gasteiger partial charge is 0.317 e. The summed E-state index contributed by atoms with van der Waals surface area (Å²) in [4.78, 5) is 13.9. The van der Waals surface area contributed by atoms with E-state index in [1.165, 1.54) is 0 Å². The minimum Gasteiger partial charge on any atom is -0.334 e. The maximum atomic E-state index is 12.3. The third kappa shape index (κ3) is 4.39. The second-order valence-electron chi connectivity index (χ2n) is 5.73. The van der Waals surface area contributed by atoms with Gasteiger partial charge in [-0.2, -0.15) is 5.10 Å². The van der Waals surface area contributed by atoms with Crippen LogP contribution in [0.1, 0.15) is 11.1 Å². The molecule has 0 aliphatic heterocycles. The first kappa shape index (κ1) is 17.0. The number of carbonyl (C=O) groups is 1. The van der Waals surface area contributed by atoms with Gasteiger partial charge in [0.05, 0.1) is 11.9 Å². The maximum Gasteiger partial charge on any atom is 0.317 e. The van der Waals surface area contributed by atoms with Gasteiger partial charge in [0.15, 0.2) is 0 Å². The lowest BCUT2D eigenvalue weighted by Gasteiger charge is -2.18. The molecule has 0 saturated heterocycles. The van der Waals surface area contributed by atoms with Gasteiger partial charge in [-0.05, 0) is 23.8 Å². The minimum atomic E-state index is -0.160. The molecule has 0 bridgehead atoms. The molecule has 6 heteroatoms. The predicted molar refractivity (Wildman–Crippen MR) is 98.7 cm³/mol. The van der Waals surface area contributed by atoms with Crippen molar-refractivity contribution in [3.8, 4) is 5.69 Å². The summed E-state index contributed by atoms with van der Waals surface area (Å²) in [6.45, 7) is 0.868. The highest BCUT2D eigenvalue weighted by atomic mass is 35.5. The van der Waals surface area contributed by atoms with E-state index >= 15 is 0 Å². The van der Waals surface area contributed by atoms with Gasteiger partial charge in [0, 0.05) is 36.9 Å². The normalized spacial score (nSPS) is 10.5. The Hall–Kier alpha value is -2.79. The number of rotatable bonds is 5. The van der Waals surface area contributed by atoms with Crippen molar-refractivity contribution in [3.05, 3.63) is 83.1 Å². The van der Waals surface area contributed by atoms with Crippen molar-refractivity contribution < 1.29 is 4.79 Å². The summed E-state index contributed by atoms with van der Waals surface area (Å²) in [5, 5.41) is 7.88. The first-order chi connectivity index (χ1) is 12.1. The van der Waals surface area contributed by atoms with E-state index in [2.05, 4.69) is 10.4 Å². The number of benzene rings is 2. The van der Waals surface area contributed by atoms with E-state index < -0.39 is 0 Å². The molecule has 0 unspecified atom stereocenters. The topological polar surface area (TPSA) is 50.2 Å². The van der Waals surface area contributed by atoms with E-state index in [0.29, 0.717) is 18.1 Å². The van der Waals surface area contributed by atoms with Crippen LogP contribution in [0.5, 0.6) is 0 Å². The predicted octanol–water partition coefficient (Wildman–Crippen LogP) is 3.87. The van der Waals surface area contributed by atoms with Crippen LogP contribution < -0.4 is 5.32 Å². The molecule has 5 nitrogen and oxygen atoms in total. The van der Waals surface area contributed by atoms with Gasteiger partial charge >= 0.3 is 6.03 Å². The van der Waals surface area contributed by atoms with Crippen molar-refractivity contribution in [2.75, 3.05) is 7.05 Å².